The van der Waals surface area contributed by atoms with Crippen LogP contribution in [-0.4, -0.2) is 72.2 Å². The smallest absolute Gasteiger partial charge is 0.475 e. The highest BCUT2D eigenvalue weighted by Gasteiger charge is 2.39. The van der Waals surface area contributed by atoms with Crippen LogP contribution in [0.3, 0.4) is 0 Å². The van der Waals surface area contributed by atoms with Gasteiger partial charge >= 0.3 is 12.1 Å². The van der Waals surface area contributed by atoms with E-state index in [0.717, 1.165) is 66.4 Å². The number of hydrogen-bond acceptors (Lipinski definition) is 4. The first-order chi connectivity index (χ1) is 21.3. The van der Waals surface area contributed by atoms with E-state index in [2.05, 4.69) is 42.3 Å². The molecule has 2 aliphatic rings. The Bertz CT molecular complexity index is 1500. The van der Waals surface area contributed by atoms with Crippen LogP contribution in [0.15, 0.2) is 48.7 Å². The lowest BCUT2D eigenvalue weighted by Gasteiger charge is -2.39. The van der Waals surface area contributed by atoms with Gasteiger partial charge in [0.1, 0.15) is 6.04 Å². The van der Waals surface area contributed by atoms with E-state index in [1.54, 1.807) is 0 Å². The summed E-state index contributed by atoms with van der Waals surface area (Å²) >= 11 is 6.37. The second-order valence-corrected chi connectivity index (χ2v) is 12.7. The number of nitrogens with zero attached hydrogens (tertiary/aromatic N) is 2. The molecule has 2 heterocycles. The van der Waals surface area contributed by atoms with Crippen molar-refractivity contribution in [2.24, 2.45) is 11.8 Å². The van der Waals surface area contributed by atoms with Crippen LogP contribution in [-0.2, 0) is 20.8 Å². The quantitative estimate of drug-likeness (QED) is 0.275. The number of carboxylic acids is 1. The molecule has 5 rings (SSSR count). The Balaban J connectivity index is 0.000000591. The molecule has 1 aromatic heterocycles. The molecule has 0 spiro atoms. The molecule has 1 saturated carbocycles. The average molecular weight is 649 g/mol. The molecule has 1 aliphatic carbocycles. The van der Waals surface area contributed by atoms with Gasteiger partial charge in [0.25, 0.3) is 0 Å². The number of carbonyl (C=O) groups excluding carboxylic acids is 2. The normalized spacial score (nSPS) is 18.5. The number of anilines is 1. The molecule has 0 saturated heterocycles. The van der Waals surface area contributed by atoms with Gasteiger partial charge < -0.3 is 25.2 Å². The molecule has 2 aromatic carbocycles. The van der Waals surface area contributed by atoms with Gasteiger partial charge in [-0.3, -0.25) is 9.59 Å². The SMILES string of the molecule is CC(c1c[nH]c2ccccc12)C(NC(=O)C1CCCCC1)C(=O)N1C[C@@H](CN(C)C)Cc2cc(Cl)ccc21.O=C(O)C(F)(F)F. The fourth-order valence-corrected chi connectivity index (χ4v) is 6.61. The number of aromatic nitrogens is 1. The molecule has 2 unspecified atom stereocenters. The predicted octanol–water partition coefficient (Wildman–Crippen LogP) is 6.39. The number of benzene rings is 2. The van der Waals surface area contributed by atoms with Crippen LogP contribution in [0.4, 0.5) is 18.9 Å². The number of nitrogens with one attached hydrogen (secondary N) is 2. The molecule has 0 bridgehead atoms. The van der Waals surface area contributed by atoms with Crippen LogP contribution in [0.1, 0.15) is 56.1 Å². The van der Waals surface area contributed by atoms with Gasteiger partial charge in [-0.05, 0) is 74.7 Å². The third kappa shape index (κ3) is 8.58. The molecule has 3 aromatic rings. The highest BCUT2D eigenvalue weighted by atomic mass is 35.5. The molecular weight excluding hydrogens is 609 g/mol. The highest BCUT2D eigenvalue weighted by Crippen LogP contribution is 2.35. The summed E-state index contributed by atoms with van der Waals surface area (Å²) in [5.41, 5.74) is 4.06. The fourth-order valence-electron chi connectivity index (χ4n) is 6.42. The molecule has 8 nitrogen and oxygen atoms in total. The maximum Gasteiger partial charge on any atom is 0.490 e. The summed E-state index contributed by atoms with van der Waals surface area (Å²) in [6, 6.07) is 13.3. The van der Waals surface area contributed by atoms with Crippen molar-refractivity contribution in [2.75, 3.05) is 32.1 Å². The predicted molar refractivity (Wildman–Crippen MR) is 168 cm³/mol. The highest BCUT2D eigenvalue weighted by molar-refractivity contribution is 6.30. The van der Waals surface area contributed by atoms with Gasteiger partial charge in [-0.15, -0.1) is 0 Å². The number of H-pyrrole nitrogens is 1. The number of aliphatic carboxylic acids is 1. The van der Waals surface area contributed by atoms with Crippen LogP contribution in [0.25, 0.3) is 10.9 Å². The summed E-state index contributed by atoms with van der Waals surface area (Å²) in [5, 5.41) is 12.1. The first kappa shape index (κ1) is 34.3. The third-order valence-electron chi connectivity index (χ3n) is 8.57. The summed E-state index contributed by atoms with van der Waals surface area (Å²) in [4.78, 5) is 44.4. The zero-order valence-electron chi connectivity index (χ0n) is 25.7. The van der Waals surface area contributed by atoms with Gasteiger partial charge in [0.15, 0.2) is 0 Å². The maximum atomic E-state index is 14.5. The number of amides is 2. The topological polar surface area (TPSA) is 106 Å². The average Bonchev–Trinajstić information content (AvgIpc) is 3.43. The Hall–Kier alpha value is -3.57. The molecule has 0 radical (unpaired) electrons. The largest absolute Gasteiger partial charge is 0.490 e. The lowest BCUT2D eigenvalue weighted by Crippen LogP contribution is -2.55. The van der Waals surface area contributed by atoms with Gasteiger partial charge in [-0.25, -0.2) is 4.79 Å². The molecule has 3 atom stereocenters. The Morgan fingerprint density at radius 3 is 2.42 bits per heavy atom. The fraction of sp³-hybridized carbons (Fsp3) is 0.485. The van der Waals surface area contributed by atoms with E-state index in [1.165, 1.54) is 6.42 Å². The molecular formula is C33H40ClF3N4O4. The van der Waals surface area contributed by atoms with Crippen molar-refractivity contribution in [1.29, 1.82) is 0 Å². The van der Waals surface area contributed by atoms with E-state index >= 15 is 0 Å². The number of rotatable bonds is 7. The van der Waals surface area contributed by atoms with Crippen molar-refractivity contribution in [3.8, 4) is 0 Å². The van der Waals surface area contributed by atoms with E-state index in [4.69, 9.17) is 21.5 Å². The second kappa shape index (κ2) is 14.7. The molecule has 1 aliphatic heterocycles. The Labute approximate surface area is 265 Å². The lowest BCUT2D eigenvalue weighted by atomic mass is 9.86. The van der Waals surface area contributed by atoms with Gasteiger partial charge in [-0.1, -0.05) is 56.0 Å². The minimum absolute atomic E-state index is 0.00734. The van der Waals surface area contributed by atoms with E-state index in [-0.39, 0.29) is 29.6 Å². The molecule has 12 heteroatoms. The standard InChI is InChI=1S/C31H39ClN4O2.C2HF3O2/c1-20(26-17-33-27-12-8-7-11-25(26)27)29(34-30(37)22-9-5-4-6-10-22)31(38)36-19-21(18-35(2)3)15-23-16-24(32)13-14-28(23)36;3-2(4,5)1(6)7/h7-8,11-14,16-17,20-22,29,33H,4-6,9-10,15,18-19H2,1-3H3,(H,34,37);(H,6,7)/t20?,21-,29?;/m1./s1. The second-order valence-electron chi connectivity index (χ2n) is 12.3. The number of aromatic amines is 1. The summed E-state index contributed by atoms with van der Waals surface area (Å²) in [6.07, 6.45) is 2.88. The summed E-state index contributed by atoms with van der Waals surface area (Å²) < 4.78 is 31.7. The number of carbonyl (C=O) groups is 3. The van der Waals surface area contributed by atoms with Crippen molar-refractivity contribution in [3.63, 3.8) is 0 Å². The first-order valence-corrected chi connectivity index (χ1v) is 15.5. The Morgan fingerprint density at radius 1 is 1.11 bits per heavy atom. The zero-order valence-corrected chi connectivity index (χ0v) is 26.4. The Kier molecular flexibility index (Phi) is 11.2. The van der Waals surface area contributed by atoms with E-state index < -0.39 is 18.2 Å². The summed E-state index contributed by atoms with van der Waals surface area (Å²) in [6.45, 7) is 3.54. The van der Waals surface area contributed by atoms with Gasteiger partial charge in [0.2, 0.25) is 11.8 Å². The lowest BCUT2D eigenvalue weighted by molar-refractivity contribution is -0.192. The van der Waals surface area contributed by atoms with Gasteiger partial charge in [0.05, 0.1) is 0 Å². The number of alkyl halides is 3. The molecule has 45 heavy (non-hydrogen) atoms. The van der Waals surface area contributed by atoms with Crippen molar-refractivity contribution in [3.05, 3.63) is 64.8 Å². The zero-order chi connectivity index (χ0) is 32.9. The summed E-state index contributed by atoms with van der Waals surface area (Å²) in [5.74, 6) is -2.77. The van der Waals surface area contributed by atoms with Crippen LogP contribution >= 0.6 is 11.6 Å². The van der Waals surface area contributed by atoms with E-state index in [0.29, 0.717) is 11.6 Å². The van der Waals surface area contributed by atoms with Crippen molar-refractivity contribution in [2.45, 2.75) is 63.6 Å². The number of fused-ring (bicyclic) bond motifs is 2. The minimum atomic E-state index is -5.08. The Morgan fingerprint density at radius 2 is 1.78 bits per heavy atom. The number of hydrogen-bond donors (Lipinski definition) is 3. The van der Waals surface area contributed by atoms with Crippen LogP contribution in [0, 0.1) is 11.8 Å². The van der Waals surface area contributed by atoms with Crippen LogP contribution < -0.4 is 10.2 Å². The monoisotopic (exact) mass is 648 g/mol. The van der Waals surface area contributed by atoms with Crippen molar-refractivity contribution in [1.82, 2.24) is 15.2 Å². The van der Waals surface area contributed by atoms with Crippen molar-refractivity contribution < 1.29 is 32.7 Å². The number of para-hydroxylation sites is 1. The first-order valence-electron chi connectivity index (χ1n) is 15.2. The molecule has 3 N–H and O–H groups in total. The van der Waals surface area contributed by atoms with Crippen molar-refractivity contribution >= 4 is 46.0 Å². The maximum absolute atomic E-state index is 14.5. The number of carboxylic acid groups (broad SMARTS) is 1. The van der Waals surface area contributed by atoms with Crippen LogP contribution in [0.5, 0.6) is 0 Å². The van der Waals surface area contributed by atoms with Gasteiger partial charge in [0, 0.05) is 52.7 Å². The van der Waals surface area contributed by atoms with E-state index in [9.17, 15) is 22.8 Å². The third-order valence-corrected chi connectivity index (χ3v) is 8.80. The van der Waals surface area contributed by atoms with E-state index in [1.807, 2.05) is 47.5 Å². The molecule has 2 amide bonds. The minimum Gasteiger partial charge on any atom is -0.475 e. The number of halogens is 4. The molecule has 244 valence electrons. The van der Waals surface area contributed by atoms with Crippen LogP contribution in [0.2, 0.25) is 5.02 Å². The van der Waals surface area contributed by atoms with Gasteiger partial charge in [-0.2, -0.15) is 13.2 Å². The summed E-state index contributed by atoms with van der Waals surface area (Å²) in [7, 11) is 4.12. The molecule has 1 fully saturated rings.